The molecular formula is C18H19Cl2N3O3. The number of carboxylic acid groups (broad SMARTS) is 1. The lowest BCUT2D eigenvalue weighted by molar-refractivity contribution is -0.141. The van der Waals surface area contributed by atoms with E-state index < -0.39 is 11.9 Å². The Hall–Kier alpha value is -2.05. The van der Waals surface area contributed by atoms with Crippen molar-refractivity contribution in [2.45, 2.75) is 26.7 Å². The first-order valence-electron chi connectivity index (χ1n) is 8.29. The van der Waals surface area contributed by atoms with Crippen molar-refractivity contribution in [3.8, 4) is 5.69 Å². The summed E-state index contributed by atoms with van der Waals surface area (Å²) in [4.78, 5) is 25.3. The number of carbonyl (C=O) groups is 2. The third kappa shape index (κ3) is 3.57. The minimum absolute atomic E-state index is 0.0753. The van der Waals surface area contributed by atoms with Gasteiger partial charge in [0.1, 0.15) is 0 Å². The Bertz CT molecular complexity index is 879. The molecule has 8 heteroatoms. The Morgan fingerprint density at radius 1 is 1.27 bits per heavy atom. The van der Waals surface area contributed by atoms with Crippen LogP contribution < -0.4 is 0 Å². The number of rotatable bonds is 4. The van der Waals surface area contributed by atoms with Crippen molar-refractivity contribution in [2.75, 3.05) is 13.1 Å². The lowest BCUT2D eigenvalue weighted by Gasteiger charge is -2.16. The molecule has 0 radical (unpaired) electrons. The molecule has 3 rings (SSSR count). The summed E-state index contributed by atoms with van der Waals surface area (Å²) in [5, 5.41) is 14.5. The Labute approximate surface area is 161 Å². The van der Waals surface area contributed by atoms with E-state index in [4.69, 9.17) is 28.3 Å². The molecule has 1 saturated heterocycles. The van der Waals surface area contributed by atoms with Crippen molar-refractivity contribution < 1.29 is 14.7 Å². The van der Waals surface area contributed by atoms with E-state index in [1.165, 1.54) is 0 Å². The quantitative estimate of drug-likeness (QED) is 0.861. The fourth-order valence-electron chi connectivity index (χ4n) is 3.25. The molecule has 1 fully saturated rings. The Morgan fingerprint density at radius 3 is 2.62 bits per heavy atom. The molecule has 2 aromatic rings. The lowest BCUT2D eigenvalue weighted by Crippen LogP contribution is -2.31. The molecule has 138 valence electrons. The monoisotopic (exact) mass is 395 g/mol. The largest absolute Gasteiger partial charge is 0.481 e. The summed E-state index contributed by atoms with van der Waals surface area (Å²) in [6.45, 7) is 4.50. The summed E-state index contributed by atoms with van der Waals surface area (Å²) in [5.74, 6) is -1.39. The number of benzene rings is 1. The van der Waals surface area contributed by atoms with E-state index in [1.807, 2.05) is 19.9 Å². The molecule has 0 spiro atoms. The van der Waals surface area contributed by atoms with Gasteiger partial charge in [0.2, 0.25) is 5.91 Å². The van der Waals surface area contributed by atoms with Gasteiger partial charge in [-0.1, -0.05) is 23.2 Å². The van der Waals surface area contributed by atoms with E-state index in [1.54, 1.807) is 21.7 Å². The van der Waals surface area contributed by atoms with Crippen molar-refractivity contribution >= 4 is 35.1 Å². The molecule has 1 aliphatic heterocycles. The minimum Gasteiger partial charge on any atom is -0.481 e. The fourth-order valence-corrected chi connectivity index (χ4v) is 3.54. The molecule has 1 amide bonds. The highest BCUT2D eigenvalue weighted by Gasteiger charge is 2.31. The van der Waals surface area contributed by atoms with Gasteiger partial charge in [-0.05, 0) is 38.5 Å². The number of aliphatic carboxylic acids is 1. The summed E-state index contributed by atoms with van der Waals surface area (Å²) >= 11 is 12.1. The van der Waals surface area contributed by atoms with Crippen molar-refractivity contribution in [1.82, 2.24) is 14.7 Å². The van der Waals surface area contributed by atoms with Gasteiger partial charge in [-0.3, -0.25) is 9.59 Å². The minimum atomic E-state index is -0.847. The predicted octanol–water partition coefficient (Wildman–Crippen LogP) is 3.27. The van der Waals surface area contributed by atoms with Crippen LogP contribution in [0, 0.1) is 19.8 Å². The first-order valence-corrected chi connectivity index (χ1v) is 9.04. The number of likely N-dealkylation sites (tertiary alicyclic amines) is 1. The number of aromatic nitrogens is 2. The second-order valence-corrected chi connectivity index (χ2v) is 7.31. The smallest absolute Gasteiger partial charge is 0.308 e. The highest BCUT2D eigenvalue weighted by molar-refractivity contribution is 6.42. The summed E-state index contributed by atoms with van der Waals surface area (Å²) < 4.78 is 1.74. The predicted molar refractivity (Wildman–Crippen MR) is 99.1 cm³/mol. The van der Waals surface area contributed by atoms with E-state index >= 15 is 0 Å². The van der Waals surface area contributed by atoms with Gasteiger partial charge in [-0.15, -0.1) is 0 Å². The number of hydrogen-bond donors (Lipinski definition) is 1. The van der Waals surface area contributed by atoms with Crippen LogP contribution >= 0.6 is 23.2 Å². The number of carboxylic acids is 1. The van der Waals surface area contributed by atoms with Gasteiger partial charge in [0.05, 0.1) is 33.8 Å². The molecule has 1 N–H and O–H groups in total. The maximum Gasteiger partial charge on any atom is 0.308 e. The van der Waals surface area contributed by atoms with Gasteiger partial charge in [-0.25, -0.2) is 4.68 Å². The first-order chi connectivity index (χ1) is 12.3. The van der Waals surface area contributed by atoms with Crippen LogP contribution in [-0.2, 0) is 16.0 Å². The second-order valence-electron chi connectivity index (χ2n) is 6.50. The fraction of sp³-hybridized carbons (Fsp3) is 0.389. The standard InChI is InChI=1S/C18H19Cl2N3O3/c1-10-14(8-17(24)22-6-5-12(9-22)18(25)26)11(2)23(21-10)13-3-4-15(19)16(20)7-13/h3-4,7,12H,5-6,8-9H2,1-2H3,(H,25,26)/t12-/m0/s1. The van der Waals surface area contributed by atoms with Gasteiger partial charge >= 0.3 is 5.97 Å². The van der Waals surface area contributed by atoms with Crippen LogP contribution in [0.2, 0.25) is 10.0 Å². The number of amides is 1. The average molecular weight is 396 g/mol. The number of halogens is 2. The first kappa shape index (κ1) is 18.7. The van der Waals surface area contributed by atoms with Gasteiger partial charge in [-0.2, -0.15) is 5.10 Å². The number of nitrogens with zero attached hydrogens (tertiary/aromatic N) is 3. The van der Waals surface area contributed by atoms with Gasteiger partial charge < -0.3 is 10.0 Å². The zero-order chi connectivity index (χ0) is 19.0. The Morgan fingerprint density at radius 2 is 2.00 bits per heavy atom. The number of carbonyl (C=O) groups excluding carboxylic acids is 1. The molecule has 0 unspecified atom stereocenters. The third-order valence-electron chi connectivity index (χ3n) is 4.81. The van der Waals surface area contributed by atoms with Crippen LogP contribution in [0.15, 0.2) is 18.2 Å². The van der Waals surface area contributed by atoms with E-state index in [2.05, 4.69) is 5.10 Å². The van der Waals surface area contributed by atoms with Crippen LogP contribution in [0.5, 0.6) is 0 Å². The van der Waals surface area contributed by atoms with Crippen LogP contribution in [0.4, 0.5) is 0 Å². The highest BCUT2D eigenvalue weighted by atomic mass is 35.5. The third-order valence-corrected chi connectivity index (χ3v) is 5.55. The summed E-state index contributed by atoms with van der Waals surface area (Å²) in [6, 6.07) is 5.25. The SMILES string of the molecule is Cc1nn(-c2ccc(Cl)c(Cl)c2)c(C)c1CC(=O)N1CC[C@H](C(=O)O)C1. The molecule has 0 saturated carbocycles. The number of aryl methyl sites for hydroxylation is 1. The normalized spacial score (nSPS) is 16.9. The topological polar surface area (TPSA) is 75.4 Å². The molecular weight excluding hydrogens is 377 g/mol. The Balaban J connectivity index is 1.81. The maximum absolute atomic E-state index is 12.6. The van der Waals surface area contributed by atoms with Gasteiger partial charge in [0.25, 0.3) is 0 Å². The zero-order valence-electron chi connectivity index (χ0n) is 14.5. The molecule has 2 heterocycles. The molecule has 1 atom stereocenters. The molecule has 0 bridgehead atoms. The summed E-state index contributed by atoms with van der Waals surface area (Å²) in [6.07, 6.45) is 0.701. The van der Waals surface area contributed by atoms with Gasteiger partial charge in [0.15, 0.2) is 0 Å². The van der Waals surface area contributed by atoms with E-state index in [9.17, 15) is 9.59 Å². The number of hydrogen-bond acceptors (Lipinski definition) is 3. The summed E-state index contributed by atoms with van der Waals surface area (Å²) in [7, 11) is 0. The van der Waals surface area contributed by atoms with Crippen LogP contribution in [0.3, 0.4) is 0 Å². The molecule has 1 aromatic carbocycles. The van der Waals surface area contributed by atoms with Crippen molar-refractivity contribution in [1.29, 1.82) is 0 Å². The van der Waals surface area contributed by atoms with E-state index in [0.29, 0.717) is 23.0 Å². The van der Waals surface area contributed by atoms with Crippen LogP contribution in [-0.4, -0.2) is 44.8 Å². The highest BCUT2D eigenvalue weighted by Crippen LogP contribution is 2.27. The molecule has 0 aliphatic carbocycles. The summed E-state index contributed by atoms with van der Waals surface area (Å²) in [5.41, 5.74) is 3.23. The van der Waals surface area contributed by atoms with Crippen LogP contribution in [0.1, 0.15) is 23.4 Å². The van der Waals surface area contributed by atoms with Crippen LogP contribution in [0.25, 0.3) is 5.69 Å². The van der Waals surface area contributed by atoms with Crippen molar-refractivity contribution in [3.05, 3.63) is 45.2 Å². The second kappa shape index (κ2) is 7.29. The molecule has 26 heavy (non-hydrogen) atoms. The Kier molecular flexibility index (Phi) is 5.25. The lowest BCUT2D eigenvalue weighted by atomic mass is 10.1. The molecule has 1 aromatic heterocycles. The van der Waals surface area contributed by atoms with Crippen molar-refractivity contribution in [2.24, 2.45) is 5.92 Å². The average Bonchev–Trinajstić information content (AvgIpc) is 3.18. The molecule has 6 nitrogen and oxygen atoms in total. The molecule has 1 aliphatic rings. The van der Waals surface area contributed by atoms with Crippen molar-refractivity contribution in [3.63, 3.8) is 0 Å². The van der Waals surface area contributed by atoms with E-state index in [-0.39, 0.29) is 18.9 Å². The maximum atomic E-state index is 12.6. The zero-order valence-corrected chi connectivity index (χ0v) is 16.0. The van der Waals surface area contributed by atoms with Gasteiger partial charge in [0, 0.05) is 24.3 Å². The van der Waals surface area contributed by atoms with E-state index in [0.717, 1.165) is 22.6 Å².